The van der Waals surface area contributed by atoms with E-state index < -0.39 is 11.8 Å². The molecule has 0 bridgehead atoms. The second-order valence-corrected chi connectivity index (χ2v) is 7.52. The molecule has 2 aromatic carbocycles. The lowest BCUT2D eigenvalue weighted by Gasteiger charge is -2.30. The van der Waals surface area contributed by atoms with Gasteiger partial charge in [-0.3, -0.25) is 9.36 Å². The van der Waals surface area contributed by atoms with Crippen LogP contribution < -0.4 is 5.69 Å². The van der Waals surface area contributed by atoms with Crippen molar-refractivity contribution in [2.45, 2.75) is 25.5 Å². The number of halogens is 1. The van der Waals surface area contributed by atoms with Crippen LogP contribution in [-0.4, -0.2) is 49.5 Å². The fraction of sp³-hybridized carbons (Fsp3) is 0.286. The van der Waals surface area contributed by atoms with E-state index in [4.69, 9.17) is 11.6 Å². The number of benzene rings is 2. The maximum atomic E-state index is 13.1. The minimum absolute atomic E-state index is 0.136. The number of aromatic nitrogens is 3. The third-order valence-corrected chi connectivity index (χ3v) is 5.26. The first-order valence-corrected chi connectivity index (χ1v) is 9.88. The van der Waals surface area contributed by atoms with Gasteiger partial charge in [-0.2, -0.15) is 4.68 Å². The van der Waals surface area contributed by atoms with Crippen LogP contribution in [0.4, 0.5) is 0 Å². The Bertz CT molecular complexity index is 1060. The highest BCUT2D eigenvalue weighted by Crippen LogP contribution is 2.18. The molecule has 7 nitrogen and oxygen atoms in total. The molecule has 0 aliphatic carbocycles. The number of carbonyl (C=O) groups excluding carboxylic acids is 1. The molecule has 4 rings (SSSR count). The number of rotatable bonds is 4. The van der Waals surface area contributed by atoms with Gasteiger partial charge in [-0.15, -0.1) is 5.10 Å². The molecule has 1 amide bonds. The predicted octanol–water partition coefficient (Wildman–Crippen LogP) is 2.34. The van der Waals surface area contributed by atoms with Gasteiger partial charge in [0, 0.05) is 23.7 Å². The van der Waals surface area contributed by atoms with Crippen molar-refractivity contribution in [3.8, 4) is 17.1 Å². The van der Waals surface area contributed by atoms with Gasteiger partial charge >= 0.3 is 5.69 Å². The number of nitrogens with zero attached hydrogens (tertiary/aromatic N) is 4. The van der Waals surface area contributed by atoms with Crippen molar-refractivity contribution in [3.63, 3.8) is 0 Å². The lowest BCUT2D eigenvalue weighted by molar-refractivity contribution is -0.134. The molecule has 150 valence electrons. The van der Waals surface area contributed by atoms with E-state index in [9.17, 15) is 14.7 Å². The number of amides is 1. The summed E-state index contributed by atoms with van der Waals surface area (Å²) in [6.07, 6.45) is 0.917. The van der Waals surface area contributed by atoms with Crippen molar-refractivity contribution in [3.05, 3.63) is 70.1 Å². The van der Waals surface area contributed by atoms with Crippen LogP contribution >= 0.6 is 11.6 Å². The van der Waals surface area contributed by atoms with Gasteiger partial charge in [0.05, 0.1) is 11.8 Å². The summed E-state index contributed by atoms with van der Waals surface area (Å²) in [5, 5.41) is 14.9. The van der Waals surface area contributed by atoms with Gasteiger partial charge < -0.3 is 10.0 Å². The first-order valence-electron chi connectivity index (χ1n) is 9.50. The topological polar surface area (TPSA) is 80.4 Å². The monoisotopic (exact) mass is 412 g/mol. The first kappa shape index (κ1) is 19.4. The minimum atomic E-state index is -0.519. The lowest BCUT2D eigenvalue weighted by Crippen LogP contribution is -2.44. The van der Waals surface area contributed by atoms with Crippen molar-refractivity contribution >= 4 is 17.5 Å². The molecule has 0 unspecified atom stereocenters. The normalized spacial score (nSPS) is 16.8. The van der Waals surface area contributed by atoms with Crippen molar-refractivity contribution in [2.75, 3.05) is 13.1 Å². The second-order valence-electron chi connectivity index (χ2n) is 7.08. The fourth-order valence-electron chi connectivity index (χ4n) is 3.51. The summed E-state index contributed by atoms with van der Waals surface area (Å²) in [5.74, 6) is 0.204. The summed E-state index contributed by atoms with van der Waals surface area (Å²) in [7, 11) is 0. The summed E-state index contributed by atoms with van der Waals surface area (Å²) in [4.78, 5) is 27.6. The molecule has 1 atom stereocenters. The van der Waals surface area contributed by atoms with E-state index in [0.717, 1.165) is 12.0 Å². The van der Waals surface area contributed by atoms with Crippen LogP contribution in [0.15, 0.2) is 59.4 Å². The average molecular weight is 413 g/mol. The van der Waals surface area contributed by atoms with Crippen LogP contribution in [0, 0.1) is 0 Å². The molecule has 1 saturated heterocycles. The van der Waals surface area contributed by atoms with Gasteiger partial charge in [0.2, 0.25) is 5.91 Å². The van der Waals surface area contributed by atoms with Gasteiger partial charge in [-0.25, -0.2) is 4.79 Å². The molecule has 0 saturated carbocycles. The highest BCUT2D eigenvalue weighted by Gasteiger charge is 2.25. The third kappa shape index (κ3) is 4.11. The molecule has 0 radical (unpaired) electrons. The number of likely N-dealkylation sites (tertiary alicyclic amines) is 1. The number of β-amino-alcohol motifs (C(OH)–C–C–N with tert-alkyl or cyclic N) is 1. The minimum Gasteiger partial charge on any atom is -0.391 e. The van der Waals surface area contributed by atoms with Crippen LogP contribution in [0.5, 0.6) is 0 Å². The van der Waals surface area contributed by atoms with Gasteiger partial charge in [0.15, 0.2) is 5.82 Å². The summed E-state index contributed by atoms with van der Waals surface area (Å²) in [6.45, 7) is 0.736. The van der Waals surface area contributed by atoms with Gasteiger partial charge in [-0.05, 0) is 37.1 Å². The molecule has 0 spiro atoms. The number of piperidine rings is 1. The van der Waals surface area contributed by atoms with Crippen molar-refractivity contribution in [1.82, 2.24) is 19.2 Å². The van der Waals surface area contributed by atoms with Gasteiger partial charge in [0.1, 0.15) is 6.54 Å². The maximum absolute atomic E-state index is 13.1. The average Bonchev–Trinajstić information content (AvgIpc) is 3.05. The van der Waals surface area contributed by atoms with Crippen LogP contribution in [0.1, 0.15) is 12.8 Å². The van der Waals surface area contributed by atoms with Crippen LogP contribution in [0.25, 0.3) is 17.1 Å². The Labute approximate surface area is 172 Å². The zero-order chi connectivity index (χ0) is 20.4. The van der Waals surface area contributed by atoms with E-state index in [1.54, 1.807) is 29.2 Å². The van der Waals surface area contributed by atoms with Crippen LogP contribution in [0.2, 0.25) is 5.02 Å². The Hall–Kier alpha value is -2.90. The largest absolute Gasteiger partial charge is 0.391 e. The molecule has 29 heavy (non-hydrogen) atoms. The Morgan fingerprint density at radius 3 is 2.55 bits per heavy atom. The smallest absolute Gasteiger partial charge is 0.351 e. The summed E-state index contributed by atoms with van der Waals surface area (Å²) >= 11 is 5.95. The zero-order valence-corrected chi connectivity index (χ0v) is 16.5. The zero-order valence-electron chi connectivity index (χ0n) is 15.7. The molecule has 1 N–H and O–H groups in total. The standard InChI is InChI=1S/C21H21ClN4O3/c22-16-8-10-17(11-9-16)26-21(29)25(20(23-26)15-5-2-1-3-6-15)14-19(28)24-12-4-7-18(27)13-24/h1-3,5-6,8-11,18,27H,4,7,12-14H2/t18-/m0/s1. The Morgan fingerprint density at radius 2 is 1.86 bits per heavy atom. The number of carbonyl (C=O) groups is 1. The number of hydrogen-bond donors (Lipinski definition) is 1. The van der Waals surface area contributed by atoms with E-state index >= 15 is 0 Å². The Balaban J connectivity index is 1.74. The first-order chi connectivity index (χ1) is 14.0. The quantitative estimate of drug-likeness (QED) is 0.713. The number of aliphatic hydroxyl groups excluding tert-OH is 1. The van der Waals surface area contributed by atoms with E-state index in [-0.39, 0.29) is 12.5 Å². The highest BCUT2D eigenvalue weighted by molar-refractivity contribution is 6.30. The third-order valence-electron chi connectivity index (χ3n) is 5.01. The van der Waals surface area contributed by atoms with Crippen molar-refractivity contribution in [1.29, 1.82) is 0 Å². The predicted molar refractivity (Wildman–Crippen MR) is 110 cm³/mol. The molecule has 1 aliphatic rings. The maximum Gasteiger partial charge on any atom is 0.351 e. The number of hydrogen-bond acceptors (Lipinski definition) is 4. The molecule has 3 aromatic rings. The van der Waals surface area contributed by atoms with Gasteiger partial charge in [-0.1, -0.05) is 41.9 Å². The summed E-state index contributed by atoms with van der Waals surface area (Å²) in [6, 6.07) is 16.1. The summed E-state index contributed by atoms with van der Waals surface area (Å²) in [5.41, 5.74) is 0.900. The van der Waals surface area contributed by atoms with Gasteiger partial charge in [0.25, 0.3) is 0 Å². The summed E-state index contributed by atoms with van der Waals surface area (Å²) < 4.78 is 2.66. The molecule has 8 heteroatoms. The molecule has 2 heterocycles. The fourth-order valence-corrected chi connectivity index (χ4v) is 3.63. The SMILES string of the molecule is O=C(Cn1c(-c2ccccc2)nn(-c2ccc(Cl)cc2)c1=O)N1CCC[C@H](O)C1. The van der Waals surface area contributed by atoms with Crippen LogP contribution in [-0.2, 0) is 11.3 Å². The second kappa shape index (κ2) is 8.23. The van der Waals surface area contributed by atoms with E-state index in [2.05, 4.69) is 5.10 Å². The van der Waals surface area contributed by atoms with E-state index in [1.165, 1.54) is 9.25 Å². The molecule has 1 aromatic heterocycles. The van der Waals surface area contributed by atoms with Crippen LogP contribution in [0.3, 0.4) is 0 Å². The van der Waals surface area contributed by atoms with Crippen molar-refractivity contribution < 1.29 is 9.90 Å². The lowest BCUT2D eigenvalue weighted by atomic mass is 10.1. The molecule has 1 aliphatic heterocycles. The molecular formula is C21H21ClN4O3. The van der Waals surface area contributed by atoms with Crippen molar-refractivity contribution in [2.24, 2.45) is 0 Å². The Kier molecular flexibility index (Phi) is 5.51. The molecule has 1 fully saturated rings. The Morgan fingerprint density at radius 1 is 1.14 bits per heavy atom. The van der Waals surface area contributed by atoms with E-state index in [1.807, 2.05) is 30.3 Å². The number of aliphatic hydroxyl groups is 1. The highest BCUT2D eigenvalue weighted by atomic mass is 35.5. The molecular weight excluding hydrogens is 392 g/mol. The van der Waals surface area contributed by atoms with E-state index in [0.29, 0.717) is 36.0 Å².